The Kier molecular flexibility index (Phi) is 14.1. The highest BCUT2D eigenvalue weighted by atomic mass is 28.4. The lowest BCUT2D eigenvalue weighted by molar-refractivity contribution is 0.112. The predicted octanol–water partition coefficient (Wildman–Crippen LogP) is 13.2. The number of piperazine rings is 1. The van der Waals surface area contributed by atoms with E-state index < -0.39 is 33.8 Å². The number of rotatable bonds is 13. The van der Waals surface area contributed by atoms with E-state index in [4.69, 9.17) is 19.1 Å². The Morgan fingerprint density at radius 3 is 2.05 bits per heavy atom. The number of ether oxygens (including phenoxy) is 1. The van der Waals surface area contributed by atoms with Gasteiger partial charge in [-0.25, -0.2) is 13.2 Å². The lowest BCUT2D eigenvalue weighted by Gasteiger charge is -2.42. The molecule has 0 saturated carbocycles. The largest absolute Gasteiger partial charge is 0.543 e. The summed E-state index contributed by atoms with van der Waals surface area (Å²) in [7, 11) is -2.86. The summed E-state index contributed by atoms with van der Waals surface area (Å²) in [4.78, 5) is 14.1. The van der Waals surface area contributed by atoms with Crippen LogP contribution >= 0.6 is 0 Å². The molecule has 3 saturated heterocycles. The first kappa shape index (κ1) is 49.0. The van der Waals surface area contributed by atoms with Crippen molar-refractivity contribution in [2.45, 2.75) is 155 Å². The summed E-state index contributed by atoms with van der Waals surface area (Å²) in [5.41, 5.74) is 5.93. The maximum atomic E-state index is 18.2. The fraction of sp³-hybridized carbons (Fsp3) is 0.585. The van der Waals surface area contributed by atoms with E-state index in [0.29, 0.717) is 52.1 Å². The first-order valence-corrected chi connectivity index (χ1v) is 28.6. The lowest BCUT2D eigenvalue weighted by Crippen LogP contribution is -2.51. The Morgan fingerprint density at radius 2 is 1.46 bits per heavy atom. The van der Waals surface area contributed by atoms with Gasteiger partial charge in [0.05, 0.1) is 11.1 Å². The molecule has 0 spiro atoms. The van der Waals surface area contributed by atoms with Gasteiger partial charge >= 0.3 is 6.01 Å². The zero-order valence-corrected chi connectivity index (χ0v) is 43.6. The van der Waals surface area contributed by atoms with E-state index in [0.717, 1.165) is 37.9 Å². The van der Waals surface area contributed by atoms with E-state index in [1.54, 1.807) is 12.1 Å². The number of anilines is 1. The zero-order chi connectivity index (χ0) is 47.5. The summed E-state index contributed by atoms with van der Waals surface area (Å²) in [6.45, 7) is 36.2. The second kappa shape index (κ2) is 18.6. The van der Waals surface area contributed by atoms with Gasteiger partial charge in [-0.2, -0.15) is 9.97 Å². The van der Waals surface area contributed by atoms with Crippen molar-refractivity contribution in [2.75, 3.05) is 44.7 Å². The van der Waals surface area contributed by atoms with Gasteiger partial charge in [0.15, 0.2) is 5.82 Å². The minimum Gasteiger partial charge on any atom is -0.543 e. The quantitative estimate of drug-likeness (QED) is 0.0814. The van der Waals surface area contributed by atoms with Crippen LogP contribution in [0.2, 0.25) is 33.2 Å². The van der Waals surface area contributed by atoms with Gasteiger partial charge in [-0.05, 0) is 89.2 Å². The first-order valence-electron chi connectivity index (χ1n) is 24.2. The molecule has 12 heteroatoms. The maximum absolute atomic E-state index is 18.2. The maximum Gasteiger partial charge on any atom is 0.319 e. The standard InChI is InChI=1S/C53H74F3N5O2Si2/c1-31(2)64(32(3)4,33(5)6)23-21-42-45(54)19-16-38-24-41(63-65(34(7)8,35(9)10)36(11)12)25-43(47(38)42)48-46(55)26-44-50(49(48)56)58-52(62-30-53(14)29-60(15)22-20-37(53)13)59-51(44)61-27-39-17-18-40(28-61)57-39/h16,19,24-26,31-36,39-40,57H,13,17-18,20,22,27-30H2,1-12,14-15H3/t39-,40+,53-/m0/s1. The van der Waals surface area contributed by atoms with Gasteiger partial charge in [0, 0.05) is 60.0 Å². The number of likely N-dealkylation sites (tertiary alicyclic amines) is 1. The lowest BCUT2D eigenvalue weighted by atomic mass is 9.79. The molecular formula is C53H74F3N5O2Si2. The first-order chi connectivity index (χ1) is 30.5. The topological polar surface area (TPSA) is 62.8 Å². The minimum absolute atomic E-state index is 0.0237. The average Bonchev–Trinajstić information content (AvgIpc) is 3.57. The Hall–Kier alpha value is -3.90. The summed E-state index contributed by atoms with van der Waals surface area (Å²) in [5, 5.41) is 4.88. The average molecular weight is 926 g/mol. The van der Waals surface area contributed by atoms with E-state index >= 15 is 13.2 Å². The van der Waals surface area contributed by atoms with E-state index in [-0.39, 0.29) is 74.3 Å². The molecule has 4 heterocycles. The summed E-state index contributed by atoms with van der Waals surface area (Å²) < 4.78 is 66.2. The molecule has 4 aromatic rings. The van der Waals surface area contributed by atoms with E-state index in [9.17, 15) is 0 Å². The third kappa shape index (κ3) is 8.89. The monoisotopic (exact) mass is 926 g/mol. The number of halogens is 3. The third-order valence-corrected chi connectivity index (χ3v) is 28.0. The number of aromatic nitrogens is 2. The van der Waals surface area contributed by atoms with Gasteiger partial charge in [-0.15, -0.1) is 5.54 Å². The Bertz CT molecular complexity index is 2460. The molecule has 3 atom stereocenters. The van der Waals surface area contributed by atoms with Crippen LogP contribution in [0.1, 0.15) is 115 Å². The number of nitrogens with one attached hydrogen (secondary N) is 1. The van der Waals surface area contributed by atoms with Gasteiger partial charge in [0.2, 0.25) is 0 Å². The van der Waals surface area contributed by atoms with Gasteiger partial charge in [-0.3, -0.25) is 0 Å². The third-order valence-electron chi connectivity index (χ3n) is 15.7. The van der Waals surface area contributed by atoms with Crippen molar-refractivity contribution in [2.24, 2.45) is 5.41 Å². The molecule has 0 unspecified atom stereocenters. The highest BCUT2D eigenvalue weighted by Gasteiger charge is 2.47. The van der Waals surface area contributed by atoms with Crippen LogP contribution in [-0.2, 0) is 0 Å². The van der Waals surface area contributed by atoms with Crippen molar-refractivity contribution >= 4 is 43.9 Å². The number of nitrogens with zero attached hydrogens (tertiary/aromatic N) is 4. The molecule has 0 amide bonds. The number of benzene rings is 3. The van der Waals surface area contributed by atoms with Gasteiger partial charge < -0.3 is 24.3 Å². The van der Waals surface area contributed by atoms with Crippen molar-refractivity contribution < 1.29 is 22.3 Å². The molecule has 3 fully saturated rings. The summed E-state index contributed by atoms with van der Waals surface area (Å²) in [6.07, 6.45) is 2.88. The molecule has 352 valence electrons. The van der Waals surface area contributed by atoms with Crippen LogP contribution in [0.4, 0.5) is 19.0 Å². The summed E-state index contributed by atoms with van der Waals surface area (Å²) in [5.74, 6) is 2.13. The molecule has 3 aliphatic rings. The second-order valence-corrected chi connectivity index (χ2v) is 32.8. The SMILES string of the molecule is C=C1CCN(C)C[C@@]1(C)COc1nc(N2C[C@H]3CC[C@@H](C2)N3)c2cc(F)c(-c3cc(O[Si](C(C)C)(C(C)C)C(C)C)cc4ccc(F)c(C#C[Si](C(C)C)(C(C)C)C(C)C)c34)c(F)c2n1. The van der Waals surface area contributed by atoms with Crippen molar-refractivity contribution in [1.82, 2.24) is 20.2 Å². The normalized spacial score (nSPS) is 21.0. The Balaban J connectivity index is 1.52. The fourth-order valence-electron chi connectivity index (χ4n) is 12.4. The van der Waals surface area contributed by atoms with E-state index in [1.807, 2.05) is 6.07 Å². The van der Waals surface area contributed by atoms with E-state index in [1.165, 1.54) is 12.1 Å². The molecule has 1 aromatic heterocycles. The van der Waals surface area contributed by atoms with Crippen LogP contribution < -0.4 is 19.4 Å². The predicted molar refractivity (Wildman–Crippen MR) is 269 cm³/mol. The fourth-order valence-corrected chi connectivity index (χ4v) is 22.9. The number of hydrogen-bond donors (Lipinski definition) is 1. The van der Waals surface area contributed by atoms with Gasteiger partial charge in [0.25, 0.3) is 8.32 Å². The Labute approximate surface area is 389 Å². The van der Waals surface area contributed by atoms with Crippen molar-refractivity contribution in [3.05, 3.63) is 65.5 Å². The van der Waals surface area contributed by atoms with Crippen LogP contribution in [0.3, 0.4) is 0 Å². The highest BCUT2D eigenvalue weighted by molar-refractivity contribution is 6.90. The molecule has 3 aliphatic heterocycles. The summed E-state index contributed by atoms with van der Waals surface area (Å²) in [6, 6.07) is 8.62. The number of piperidine rings is 1. The van der Waals surface area contributed by atoms with Gasteiger partial charge in [-0.1, -0.05) is 114 Å². The van der Waals surface area contributed by atoms with Crippen molar-refractivity contribution in [3.8, 4) is 34.4 Å². The minimum atomic E-state index is -2.57. The number of hydrogen-bond acceptors (Lipinski definition) is 7. The molecular weight excluding hydrogens is 852 g/mol. The molecule has 0 radical (unpaired) electrons. The van der Waals surface area contributed by atoms with Crippen molar-refractivity contribution in [3.63, 3.8) is 0 Å². The molecule has 2 bridgehead atoms. The molecule has 0 aliphatic carbocycles. The van der Waals surface area contributed by atoms with Crippen LogP contribution in [0, 0.1) is 34.3 Å². The van der Waals surface area contributed by atoms with E-state index in [2.05, 4.69) is 130 Å². The number of fused-ring (bicyclic) bond motifs is 4. The van der Waals surface area contributed by atoms with Crippen molar-refractivity contribution in [1.29, 1.82) is 0 Å². The second-order valence-electron chi connectivity index (χ2n) is 21.8. The van der Waals surface area contributed by atoms with Gasteiger partial charge in [0.1, 0.15) is 43.4 Å². The van der Waals surface area contributed by atoms with Crippen LogP contribution in [0.15, 0.2) is 42.5 Å². The molecule has 7 rings (SSSR count). The zero-order valence-electron chi connectivity index (χ0n) is 41.6. The van der Waals surface area contributed by atoms with Crippen LogP contribution in [0.5, 0.6) is 11.8 Å². The molecule has 3 aromatic carbocycles. The van der Waals surface area contributed by atoms with Crippen LogP contribution in [0.25, 0.3) is 32.8 Å². The molecule has 1 N–H and O–H groups in total. The highest BCUT2D eigenvalue weighted by Crippen LogP contribution is 2.47. The van der Waals surface area contributed by atoms with Crippen LogP contribution in [-0.4, -0.2) is 83.2 Å². The smallest absolute Gasteiger partial charge is 0.319 e. The molecule has 7 nitrogen and oxygen atoms in total. The molecule has 65 heavy (non-hydrogen) atoms. The summed E-state index contributed by atoms with van der Waals surface area (Å²) >= 11 is 0. The Morgan fingerprint density at radius 1 is 0.846 bits per heavy atom.